The summed E-state index contributed by atoms with van der Waals surface area (Å²) in [6.45, 7) is 0. The summed E-state index contributed by atoms with van der Waals surface area (Å²) in [5.41, 5.74) is 0.238. The first-order valence-electron chi connectivity index (χ1n) is 5.92. The summed E-state index contributed by atoms with van der Waals surface area (Å²) in [5, 5.41) is 0. The summed E-state index contributed by atoms with van der Waals surface area (Å²) < 4.78 is 38.2. The molecule has 0 saturated heterocycles. The minimum absolute atomic E-state index is 0.0363. The number of carbonyl (C=O) groups excluding carboxylic acids is 2. The van der Waals surface area contributed by atoms with Gasteiger partial charge >= 0.3 is 6.18 Å². The number of hydrogen-bond acceptors (Lipinski definition) is 2. The Morgan fingerprint density at radius 3 is 2.15 bits per heavy atom. The molecule has 1 aromatic rings. The Hall–Kier alpha value is -2.17. The predicted molar refractivity (Wildman–Crippen MR) is 65.1 cm³/mol. The lowest BCUT2D eigenvalue weighted by Crippen LogP contribution is -2.31. The standard InChI is InChI=1S/C15H8F3O2/c16-15(17,18)8-5-6-11-12(7-8)14(20)10-4-2-1-3-9(10)13(11)19/h1-8H. The highest BCUT2D eigenvalue weighted by atomic mass is 19.4. The van der Waals surface area contributed by atoms with Crippen LogP contribution in [0.5, 0.6) is 0 Å². The summed E-state index contributed by atoms with van der Waals surface area (Å²) in [7, 11) is 0. The molecule has 0 amide bonds. The summed E-state index contributed by atoms with van der Waals surface area (Å²) in [6, 6.07) is 6.15. The molecule has 5 heteroatoms. The van der Waals surface area contributed by atoms with Crippen molar-refractivity contribution >= 4 is 11.6 Å². The molecule has 0 bridgehead atoms. The Balaban J connectivity index is 2.12. The number of hydrogen-bond donors (Lipinski definition) is 0. The van der Waals surface area contributed by atoms with Crippen molar-refractivity contribution in [3.63, 3.8) is 0 Å². The molecule has 0 aliphatic heterocycles. The van der Waals surface area contributed by atoms with Gasteiger partial charge in [-0.3, -0.25) is 9.59 Å². The second-order valence-electron chi connectivity index (χ2n) is 4.62. The summed E-state index contributed by atoms with van der Waals surface area (Å²) in [5.74, 6) is -2.74. The molecule has 3 rings (SSSR count). The first kappa shape index (κ1) is 12.8. The average Bonchev–Trinajstić information content (AvgIpc) is 2.43. The third-order valence-corrected chi connectivity index (χ3v) is 3.39. The molecule has 1 unspecified atom stereocenters. The Morgan fingerprint density at radius 1 is 0.950 bits per heavy atom. The zero-order chi connectivity index (χ0) is 14.5. The fourth-order valence-electron chi connectivity index (χ4n) is 2.38. The van der Waals surface area contributed by atoms with Crippen molar-refractivity contribution in [1.29, 1.82) is 0 Å². The third kappa shape index (κ3) is 1.81. The van der Waals surface area contributed by atoms with Crippen LogP contribution in [0.15, 0.2) is 48.1 Å². The van der Waals surface area contributed by atoms with E-state index in [1.165, 1.54) is 12.1 Å². The predicted octanol–water partition coefficient (Wildman–Crippen LogP) is 3.31. The molecule has 0 N–H and O–H groups in total. The highest BCUT2D eigenvalue weighted by Gasteiger charge is 2.43. The van der Waals surface area contributed by atoms with E-state index < -0.39 is 23.7 Å². The van der Waals surface area contributed by atoms with E-state index in [0.29, 0.717) is 0 Å². The van der Waals surface area contributed by atoms with E-state index in [1.807, 2.05) is 0 Å². The summed E-state index contributed by atoms with van der Waals surface area (Å²) >= 11 is 0. The number of Topliss-reactive ketones (excluding diaryl/α,β-unsaturated/α-hetero) is 2. The van der Waals surface area contributed by atoms with Crippen molar-refractivity contribution in [2.45, 2.75) is 6.18 Å². The van der Waals surface area contributed by atoms with Crippen molar-refractivity contribution in [3.8, 4) is 0 Å². The fraction of sp³-hybridized carbons (Fsp3) is 0.133. The van der Waals surface area contributed by atoms with Gasteiger partial charge in [0.2, 0.25) is 0 Å². The van der Waals surface area contributed by atoms with Crippen LogP contribution in [0.4, 0.5) is 13.2 Å². The smallest absolute Gasteiger partial charge is 0.293 e. The van der Waals surface area contributed by atoms with Gasteiger partial charge in [-0.1, -0.05) is 42.5 Å². The molecular formula is C15H8F3O2. The molecule has 1 atom stereocenters. The van der Waals surface area contributed by atoms with Crippen molar-refractivity contribution in [3.05, 3.63) is 65.1 Å². The zero-order valence-corrected chi connectivity index (χ0v) is 10.1. The van der Waals surface area contributed by atoms with E-state index in [1.54, 1.807) is 12.1 Å². The van der Waals surface area contributed by atoms with Crippen LogP contribution >= 0.6 is 0 Å². The molecule has 1 aromatic carbocycles. The van der Waals surface area contributed by atoms with E-state index in [-0.39, 0.29) is 22.6 Å². The van der Waals surface area contributed by atoms with Crippen LogP contribution in [0.1, 0.15) is 20.7 Å². The number of ketones is 2. The zero-order valence-electron chi connectivity index (χ0n) is 10.1. The lowest BCUT2D eigenvalue weighted by Gasteiger charge is -2.27. The van der Waals surface area contributed by atoms with Gasteiger partial charge in [0.1, 0.15) is 5.92 Å². The van der Waals surface area contributed by atoms with Crippen LogP contribution in [-0.2, 0) is 0 Å². The highest BCUT2D eigenvalue weighted by molar-refractivity contribution is 6.30. The molecule has 101 valence electrons. The number of rotatable bonds is 0. The number of alkyl halides is 3. The first-order chi connectivity index (χ1) is 9.39. The maximum absolute atomic E-state index is 12.7. The molecule has 0 saturated carbocycles. The topological polar surface area (TPSA) is 34.1 Å². The molecular weight excluding hydrogens is 269 g/mol. The maximum atomic E-state index is 12.7. The van der Waals surface area contributed by atoms with Gasteiger partial charge in [0.15, 0.2) is 11.6 Å². The molecule has 2 aliphatic carbocycles. The lowest BCUT2D eigenvalue weighted by atomic mass is 9.74. The van der Waals surface area contributed by atoms with Gasteiger partial charge in [0.05, 0.1) is 5.92 Å². The quantitative estimate of drug-likeness (QED) is 0.729. The normalized spacial score (nSPS) is 22.4. The minimum atomic E-state index is -4.46. The van der Waals surface area contributed by atoms with Gasteiger partial charge < -0.3 is 0 Å². The second-order valence-corrected chi connectivity index (χ2v) is 4.62. The molecule has 0 fully saturated rings. The Bertz CT molecular complexity index is 668. The molecule has 2 aliphatic rings. The largest absolute Gasteiger partial charge is 0.398 e. The van der Waals surface area contributed by atoms with Crippen LogP contribution in [-0.4, -0.2) is 17.7 Å². The number of carbonyl (C=O) groups is 2. The Kier molecular flexibility index (Phi) is 2.67. The maximum Gasteiger partial charge on any atom is 0.398 e. The van der Waals surface area contributed by atoms with Crippen LogP contribution in [0.3, 0.4) is 0 Å². The Morgan fingerprint density at radius 2 is 1.55 bits per heavy atom. The van der Waals surface area contributed by atoms with Gasteiger partial charge in [-0.15, -0.1) is 0 Å². The molecule has 0 spiro atoms. The van der Waals surface area contributed by atoms with Gasteiger partial charge in [-0.25, -0.2) is 0 Å². The van der Waals surface area contributed by atoms with E-state index in [9.17, 15) is 22.8 Å². The monoisotopic (exact) mass is 277 g/mol. The molecule has 1 radical (unpaired) electrons. The SMILES string of the molecule is O=C1[C]2C=CC(C(F)(F)F)C=C2C(=O)c2ccccc21. The van der Waals surface area contributed by atoms with Crippen LogP contribution in [0.25, 0.3) is 0 Å². The van der Waals surface area contributed by atoms with Crippen molar-refractivity contribution in [1.82, 2.24) is 0 Å². The van der Waals surface area contributed by atoms with Gasteiger partial charge in [0.25, 0.3) is 0 Å². The number of halogens is 3. The summed E-state index contributed by atoms with van der Waals surface area (Å²) in [6.07, 6.45) is -1.64. The van der Waals surface area contributed by atoms with E-state index in [2.05, 4.69) is 0 Å². The number of allylic oxidation sites excluding steroid dienone is 4. The number of benzene rings is 1. The van der Waals surface area contributed by atoms with Crippen molar-refractivity contribution in [2.75, 3.05) is 0 Å². The summed E-state index contributed by atoms with van der Waals surface area (Å²) in [4.78, 5) is 24.4. The average molecular weight is 277 g/mol. The highest BCUT2D eigenvalue weighted by Crippen LogP contribution is 2.40. The van der Waals surface area contributed by atoms with Crippen LogP contribution in [0, 0.1) is 11.8 Å². The van der Waals surface area contributed by atoms with E-state index in [4.69, 9.17) is 0 Å². The third-order valence-electron chi connectivity index (χ3n) is 3.39. The molecule has 20 heavy (non-hydrogen) atoms. The second kappa shape index (κ2) is 4.16. The Labute approximate surface area is 112 Å². The van der Waals surface area contributed by atoms with E-state index >= 15 is 0 Å². The first-order valence-corrected chi connectivity index (χ1v) is 5.92. The van der Waals surface area contributed by atoms with Crippen molar-refractivity contribution < 1.29 is 22.8 Å². The van der Waals surface area contributed by atoms with Crippen molar-refractivity contribution in [2.24, 2.45) is 5.92 Å². The fourth-order valence-corrected chi connectivity index (χ4v) is 2.38. The van der Waals surface area contributed by atoms with Gasteiger partial charge in [-0.05, 0) is 0 Å². The van der Waals surface area contributed by atoms with Gasteiger partial charge in [-0.2, -0.15) is 13.2 Å². The van der Waals surface area contributed by atoms with E-state index in [0.717, 1.165) is 18.2 Å². The lowest BCUT2D eigenvalue weighted by molar-refractivity contribution is -0.149. The van der Waals surface area contributed by atoms with Gasteiger partial charge in [0, 0.05) is 16.7 Å². The van der Waals surface area contributed by atoms with Crippen LogP contribution < -0.4 is 0 Å². The van der Waals surface area contributed by atoms with Crippen LogP contribution in [0.2, 0.25) is 0 Å². The molecule has 0 heterocycles. The molecule has 0 aromatic heterocycles. The molecule has 2 nitrogen and oxygen atoms in total. The number of fused-ring (bicyclic) bond motifs is 2. The minimum Gasteiger partial charge on any atom is -0.293 e.